The van der Waals surface area contributed by atoms with Crippen LogP contribution in [-0.2, 0) is 17.8 Å². The minimum atomic E-state index is 0.0580. The second-order valence-electron chi connectivity index (χ2n) is 4.65. The van der Waals surface area contributed by atoms with E-state index in [4.69, 9.17) is 0 Å². The van der Waals surface area contributed by atoms with E-state index in [1.54, 1.807) is 6.20 Å². The number of rotatable bonds is 8. The minimum Gasteiger partial charge on any atom is -0.352 e. The Morgan fingerprint density at radius 1 is 1.32 bits per heavy atom. The third-order valence-corrected chi connectivity index (χ3v) is 3.29. The third-order valence-electron chi connectivity index (χ3n) is 3.29. The molecule has 0 aliphatic heterocycles. The van der Waals surface area contributed by atoms with Crippen LogP contribution in [0.2, 0.25) is 0 Å². The molecule has 1 heterocycles. The molecule has 106 valence electrons. The number of hydrogen-bond acceptors (Lipinski definition) is 3. The lowest BCUT2D eigenvalue weighted by atomic mass is 10.1. The molecule has 0 unspecified atom stereocenters. The minimum absolute atomic E-state index is 0.0580. The third kappa shape index (κ3) is 5.39. The van der Waals surface area contributed by atoms with E-state index in [0.717, 1.165) is 25.0 Å². The smallest absolute Gasteiger partial charge is 0.234 e. The lowest BCUT2D eigenvalue weighted by Gasteiger charge is -2.15. The number of amides is 1. The molecule has 4 heteroatoms. The van der Waals surface area contributed by atoms with Crippen molar-refractivity contribution in [3.63, 3.8) is 0 Å². The Morgan fingerprint density at radius 2 is 2.05 bits per heavy atom. The first kappa shape index (κ1) is 15.6. The van der Waals surface area contributed by atoms with Gasteiger partial charge in [-0.2, -0.15) is 0 Å². The summed E-state index contributed by atoms with van der Waals surface area (Å²) in [7, 11) is 0. The number of aromatic nitrogens is 1. The maximum Gasteiger partial charge on any atom is 0.234 e. The molecule has 0 aliphatic rings. The maximum absolute atomic E-state index is 11.7. The molecule has 2 N–H and O–H groups in total. The van der Waals surface area contributed by atoms with Gasteiger partial charge in [-0.3, -0.25) is 9.78 Å². The van der Waals surface area contributed by atoms with Crippen LogP contribution in [0.25, 0.3) is 0 Å². The summed E-state index contributed by atoms with van der Waals surface area (Å²) in [6, 6.07) is 4.31. The molecule has 1 aromatic rings. The fourth-order valence-electron chi connectivity index (χ4n) is 2.02. The summed E-state index contributed by atoms with van der Waals surface area (Å²) in [4.78, 5) is 16.1. The van der Waals surface area contributed by atoms with Gasteiger partial charge in [-0.15, -0.1) is 0 Å². The van der Waals surface area contributed by atoms with Crippen molar-refractivity contribution in [2.75, 3.05) is 6.54 Å². The van der Waals surface area contributed by atoms with Crippen molar-refractivity contribution in [1.29, 1.82) is 0 Å². The topological polar surface area (TPSA) is 54.0 Å². The van der Waals surface area contributed by atoms with E-state index in [9.17, 15) is 4.79 Å². The molecule has 1 amide bonds. The predicted molar refractivity (Wildman–Crippen MR) is 77.8 cm³/mol. The number of carbonyl (C=O) groups excluding carboxylic acids is 1. The molecule has 0 saturated heterocycles. The Kier molecular flexibility index (Phi) is 7.11. The van der Waals surface area contributed by atoms with Crippen LogP contribution in [0.15, 0.2) is 18.3 Å². The van der Waals surface area contributed by atoms with E-state index in [1.807, 2.05) is 6.07 Å². The van der Waals surface area contributed by atoms with Gasteiger partial charge in [0.25, 0.3) is 0 Å². The first-order valence-corrected chi connectivity index (χ1v) is 7.14. The predicted octanol–water partition coefficient (Wildman–Crippen LogP) is 2.04. The molecule has 0 aliphatic carbocycles. The normalized spacial score (nSPS) is 10.7. The van der Waals surface area contributed by atoms with Crippen LogP contribution in [0, 0.1) is 0 Å². The summed E-state index contributed by atoms with van der Waals surface area (Å²) in [6.07, 6.45) is 4.70. The number of hydrogen-bond donors (Lipinski definition) is 2. The number of aryl methyl sites for hydroxylation is 1. The Balaban J connectivity index is 2.35. The summed E-state index contributed by atoms with van der Waals surface area (Å²) < 4.78 is 0. The zero-order valence-electron chi connectivity index (χ0n) is 12.2. The zero-order chi connectivity index (χ0) is 14.1. The standard InChI is InChI=1S/C15H25N3O/c1-4-12-8-7-9-17-14(12)10-16-11-15(19)18-13(5-2)6-3/h7-9,13,16H,4-6,10-11H2,1-3H3,(H,18,19). The number of pyridine rings is 1. The zero-order valence-corrected chi connectivity index (χ0v) is 12.2. The van der Waals surface area contributed by atoms with E-state index in [0.29, 0.717) is 13.1 Å². The Bertz CT molecular complexity index is 389. The number of nitrogens with one attached hydrogen (secondary N) is 2. The Hall–Kier alpha value is -1.42. The number of carbonyl (C=O) groups is 1. The maximum atomic E-state index is 11.7. The van der Waals surface area contributed by atoms with Gasteiger partial charge >= 0.3 is 0 Å². The molecule has 0 bridgehead atoms. The largest absolute Gasteiger partial charge is 0.352 e. The molecule has 1 rings (SSSR count). The average Bonchev–Trinajstić information content (AvgIpc) is 2.45. The van der Waals surface area contributed by atoms with Crippen molar-refractivity contribution < 1.29 is 4.79 Å². The number of nitrogens with zero attached hydrogens (tertiary/aromatic N) is 1. The summed E-state index contributed by atoms with van der Waals surface area (Å²) in [5, 5.41) is 6.16. The van der Waals surface area contributed by atoms with Gasteiger partial charge < -0.3 is 10.6 Å². The lowest BCUT2D eigenvalue weighted by Crippen LogP contribution is -2.39. The van der Waals surface area contributed by atoms with Crippen LogP contribution < -0.4 is 10.6 Å². The molecule has 0 fully saturated rings. The lowest BCUT2D eigenvalue weighted by molar-refractivity contribution is -0.121. The molecule has 0 saturated carbocycles. The molecule has 19 heavy (non-hydrogen) atoms. The highest BCUT2D eigenvalue weighted by Gasteiger charge is 2.08. The fourth-order valence-corrected chi connectivity index (χ4v) is 2.02. The van der Waals surface area contributed by atoms with Crippen LogP contribution in [0.5, 0.6) is 0 Å². The van der Waals surface area contributed by atoms with Crippen LogP contribution in [0.3, 0.4) is 0 Å². The van der Waals surface area contributed by atoms with E-state index in [1.165, 1.54) is 5.56 Å². The van der Waals surface area contributed by atoms with Crippen molar-refractivity contribution in [3.05, 3.63) is 29.6 Å². The van der Waals surface area contributed by atoms with Gasteiger partial charge in [0.1, 0.15) is 0 Å². The quantitative estimate of drug-likeness (QED) is 0.754. The Morgan fingerprint density at radius 3 is 2.68 bits per heavy atom. The fraction of sp³-hybridized carbons (Fsp3) is 0.600. The molecular formula is C15H25N3O. The average molecular weight is 263 g/mol. The van der Waals surface area contributed by atoms with E-state index in [2.05, 4.69) is 42.5 Å². The van der Waals surface area contributed by atoms with E-state index >= 15 is 0 Å². The summed E-state index contributed by atoms with van der Waals surface area (Å²) in [6.45, 7) is 7.27. The Labute approximate surface area is 116 Å². The van der Waals surface area contributed by atoms with Gasteiger partial charge in [-0.25, -0.2) is 0 Å². The van der Waals surface area contributed by atoms with Crippen molar-refractivity contribution in [2.24, 2.45) is 0 Å². The van der Waals surface area contributed by atoms with Crippen LogP contribution in [-0.4, -0.2) is 23.5 Å². The van der Waals surface area contributed by atoms with Crippen LogP contribution in [0.1, 0.15) is 44.9 Å². The highest BCUT2D eigenvalue weighted by Crippen LogP contribution is 2.05. The summed E-state index contributed by atoms with van der Waals surface area (Å²) in [5.74, 6) is 0.0580. The summed E-state index contributed by atoms with van der Waals surface area (Å²) >= 11 is 0. The molecule has 0 atom stereocenters. The van der Waals surface area contributed by atoms with Gasteiger partial charge in [0.2, 0.25) is 5.91 Å². The van der Waals surface area contributed by atoms with E-state index < -0.39 is 0 Å². The van der Waals surface area contributed by atoms with Crippen molar-refractivity contribution >= 4 is 5.91 Å². The van der Waals surface area contributed by atoms with Crippen LogP contribution >= 0.6 is 0 Å². The van der Waals surface area contributed by atoms with Crippen molar-refractivity contribution in [2.45, 2.75) is 52.6 Å². The SMILES string of the molecule is CCc1cccnc1CNCC(=O)NC(CC)CC. The first-order chi connectivity index (χ1) is 9.21. The van der Waals surface area contributed by atoms with Crippen molar-refractivity contribution in [1.82, 2.24) is 15.6 Å². The molecule has 0 radical (unpaired) electrons. The van der Waals surface area contributed by atoms with Gasteiger partial charge in [0.05, 0.1) is 12.2 Å². The molecule has 1 aromatic heterocycles. The second kappa shape index (κ2) is 8.64. The molecule has 4 nitrogen and oxygen atoms in total. The van der Waals surface area contributed by atoms with Gasteiger partial charge in [0, 0.05) is 18.8 Å². The van der Waals surface area contributed by atoms with Gasteiger partial charge in [-0.05, 0) is 30.9 Å². The second-order valence-corrected chi connectivity index (χ2v) is 4.65. The summed E-state index contributed by atoms with van der Waals surface area (Å²) in [5.41, 5.74) is 2.26. The van der Waals surface area contributed by atoms with Gasteiger partial charge in [0.15, 0.2) is 0 Å². The van der Waals surface area contributed by atoms with E-state index in [-0.39, 0.29) is 11.9 Å². The van der Waals surface area contributed by atoms with Crippen molar-refractivity contribution in [3.8, 4) is 0 Å². The highest BCUT2D eigenvalue weighted by atomic mass is 16.1. The first-order valence-electron chi connectivity index (χ1n) is 7.14. The highest BCUT2D eigenvalue weighted by molar-refractivity contribution is 5.78. The van der Waals surface area contributed by atoms with Crippen LogP contribution in [0.4, 0.5) is 0 Å². The molecule has 0 aromatic carbocycles. The monoisotopic (exact) mass is 263 g/mol. The molecular weight excluding hydrogens is 238 g/mol. The van der Waals surface area contributed by atoms with Gasteiger partial charge in [-0.1, -0.05) is 26.8 Å². The molecule has 0 spiro atoms.